The first-order valence-corrected chi connectivity index (χ1v) is 5.39. The Morgan fingerprint density at radius 1 is 1.18 bits per heavy atom. The van der Waals surface area contributed by atoms with E-state index in [4.69, 9.17) is 0 Å². The van der Waals surface area contributed by atoms with Crippen LogP contribution in [-0.2, 0) is 10.2 Å². The summed E-state index contributed by atoms with van der Waals surface area (Å²) in [6, 6.07) is 1.43. The van der Waals surface area contributed by atoms with Gasteiger partial charge in [-0.3, -0.25) is 4.79 Å². The van der Waals surface area contributed by atoms with Crippen molar-refractivity contribution in [2.24, 2.45) is 0 Å². The zero-order valence-corrected chi connectivity index (χ0v) is 9.04. The molecular weight excluding hydrogens is 230 g/mol. The summed E-state index contributed by atoms with van der Waals surface area (Å²) in [5.41, 5.74) is -1.45. The summed E-state index contributed by atoms with van der Waals surface area (Å²) in [6.45, 7) is 0. The Kier molecular flexibility index (Phi) is 2.77. The molecule has 0 bridgehead atoms. The molecule has 1 aliphatic rings. The number of halogens is 2. The Morgan fingerprint density at radius 2 is 1.76 bits per heavy atom. The lowest BCUT2D eigenvalue weighted by Crippen LogP contribution is -2.33. The van der Waals surface area contributed by atoms with Gasteiger partial charge in [0.25, 0.3) is 0 Å². The number of aromatic hydroxyl groups is 1. The van der Waals surface area contributed by atoms with Gasteiger partial charge in [-0.25, -0.2) is 8.78 Å². The first-order chi connectivity index (χ1) is 7.97. The fourth-order valence-corrected chi connectivity index (χ4v) is 2.48. The highest BCUT2D eigenvalue weighted by Gasteiger charge is 2.45. The largest absolute Gasteiger partial charge is 0.505 e. The van der Waals surface area contributed by atoms with Crippen LogP contribution < -0.4 is 0 Å². The molecule has 92 valence electrons. The summed E-state index contributed by atoms with van der Waals surface area (Å²) < 4.78 is 26.6. The minimum atomic E-state index is -1.32. The molecule has 0 radical (unpaired) electrons. The van der Waals surface area contributed by atoms with Crippen molar-refractivity contribution >= 4 is 5.97 Å². The molecule has 0 atom stereocenters. The molecule has 1 fully saturated rings. The third kappa shape index (κ3) is 1.75. The summed E-state index contributed by atoms with van der Waals surface area (Å²) in [6.07, 6.45) is 1.99. The predicted molar refractivity (Wildman–Crippen MR) is 55.8 cm³/mol. The van der Waals surface area contributed by atoms with Gasteiger partial charge in [-0.1, -0.05) is 12.8 Å². The number of benzene rings is 1. The molecule has 0 aliphatic heterocycles. The van der Waals surface area contributed by atoms with E-state index in [0.717, 1.165) is 6.07 Å². The number of hydrogen-bond donors (Lipinski definition) is 2. The molecule has 0 saturated heterocycles. The van der Waals surface area contributed by atoms with E-state index in [-0.39, 0.29) is 5.56 Å². The third-order valence-electron chi connectivity index (χ3n) is 3.42. The molecule has 0 heterocycles. The van der Waals surface area contributed by atoms with E-state index < -0.39 is 28.8 Å². The van der Waals surface area contributed by atoms with Gasteiger partial charge in [-0.15, -0.1) is 0 Å². The third-order valence-corrected chi connectivity index (χ3v) is 3.42. The number of carbonyl (C=O) groups is 1. The maximum absolute atomic E-state index is 13.7. The molecule has 5 heteroatoms. The maximum atomic E-state index is 13.7. The number of rotatable bonds is 2. The molecular formula is C12H12F2O3. The van der Waals surface area contributed by atoms with Gasteiger partial charge >= 0.3 is 5.97 Å². The number of aliphatic carboxylic acids is 1. The molecule has 0 amide bonds. The van der Waals surface area contributed by atoms with Gasteiger partial charge in [0.1, 0.15) is 5.82 Å². The molecule has 0 aromatic heterocycles. The van der Waals surface area contributed by atoms with Crippen molar-refractivity contribution < 1.29 is 23.8 Å². The van der Waals surface area contributed by atoms with Crippen LogP contribution in [0.25, 0.3) is 0 Å². The van der Waals surface area contributed by atoms with E-state index in [2.05, 4.69) is 0 Å². The van der Waals surface area contributed by atoms with Crippen LogP contribution in [0.3, 0.4) is 0 Å². The Morgan fingerprint density at radius 3 is 2.29 bits per heavy atom. The van der Waals surface area contributed by atoms with E-state index in [1.807, 2.05) is 0 Å². The topological polar surface area (TPSA) is 57.5 Å². The van der Waals surface area contributed by atoms with E-state index in [1.165, 1.54) is 0 Å². The molecule has 1 aromatic rings. The summed E-state index contributed by atoms with van der Waals surface area (Å²) in [5, 5.41) is 18.5. The Bertz CT molecular complexity index is 465. The van der Waals surface area contributed by atoms with Crippen LogP contribution >= 0.6 is 0 Å². The summed E-state index contributed by atoms with van der Waals surface area (Å²) >= 11 is 0. The molecule has 2 rings (SSSR count). The predicted octanol–water partition coefficient (Wildman–Crippen LogP) is 2.57. The van der Waals surface area contributed by atoms with Crippen molar-refractivity contribution in [3.8, 4) is 5.75 Å². The van der Waals surface area contributed by atoms with E-state index >= 15 is 0 Å². The van der Waals surface area contributed by atoms with Crippen molar-refractivity contribution in [1.82, 2.24) is 0 Å². The molecule has 17 heavy (non-hydrogen) atoms. The Balaban J connectivity index is 2.58. The van der Waals surface area contributed by atoms with Crippen molar-refractivity contribution in [1.29, 1.82) is 0 Å². The van der Waals surface area contributed by atoms with Crippen LogP contribution in [0.5, 0.6) is 5.75 Å². The number of hydrogen-bond acceptors (Lipinski definition) is 2. The van der Waals surface area contributed by atoms with Gasteiger partial charge in [-0.05, 0) is 18.9 Å². The van der Waals surface area contributed by atoms with Gasteiger partial charge in [0, 0.05) is 11.6 Å². The van der Waals surface area contributed by atoms with Crippen LogP contribution in [0, 0.1) is 11.6 Å². The Labute approximate surface area is 96.7 Å². The first-order valence-electron chi connectivity index (χ1n) is 5.39. The fraction of sp³-hybridized carbons (Fsp3) is 0.417. The molecule has 1 aliphatic carbocycles. The van der Waals surface area contributed by atoms with E-state index in [9.17, 15) is 23.8 Å². The monoisotopic (exact) mass is 242 g/mol. The standard InChI is InChI=1S/C12H12F2O3/c13-8-6-9(14)10(15)5-7(8)12(11(16)17)3-1-2-4-12/h5-6,15H,1-4H2,(H,16,17). The highest BCUT2D eigenvalue weighted by Crippen LogP contribution is 2.43. The second-order valence-electron chi connectivity index (χ2n) is 4.38. The van der Waals surface area contributed by atoms with Crippen molar-refractivity contribution in [2.75, 3.05) is 0 Å². The average molecular weight is 242 g/mol. The second kappa shape index (κ2) is 3.98. The normalized spacial score (nSPS) is 18.2. The fourth-order valence-electron chi connectivity index (χ4n) is 2.48. The lowest BCUT2D eigenvalue weighted by Gasteiger charge is -2.25. The summed E-state index contributed by atoms with van der Waals surface area (Å²) in [5.74, 6) is -3.83. The van der Waals surface area contributed by atoms with Gasteiger partial charge < -0.3 is 10.2 Å². The number of carboxylic acid groups (broad SMARTS) is 1. The second-order valence-corrected chi connectivity index (χ2v) is 4.38. The van der Waals surface area contributed by atoms with Crippen LogP contribution in [0.4, 0.5) is 8.78 Å². The summed E-state index contributed by atoms with van der Waals surface area (Å²) in [7, 11) is 0. The Hall–Kier alpha value is -1.65. The van der Waals surface area contributed by atoms with E-state index in [0.29, 0.717) is 31.7 Å². The number of carboxylic acids is 1. The van der Waals surface area contributed by atoms with Gasteiger partial charge in [0.05, 0.1) is 5.41 Å². The van der Waals surface area contributed by atoms with Crippen LogP contribution in [0.1, 0.15) is 31.2 Å². The van der Waals surface area contributed by atoms with Crippen molar-refractivity contribution in [2.45, 2.75) is 31.1 Å². The number of phenols is 1. The van der Waals surface area contributed by atoms with Crippen LogP contribution in [0.2, 0.25) is 0 Å². The molecule has 1 saturated carbocycles. The lowest BCUT2D eigenvalue weighted by molar-refractivity contribution is -0.143. The SMILES string of the molecule is O=C(O)C1(c2cc(O)c(F)cc2F)CCCC1. The van der Waals surface area contributed by atoms with Crippen molar-refractivity contribution in [3.63, 3.8) is 0 Å². The highest BCUT2D eigenvalue weighted by atomic mass is 19.1. The minimum absolute atomic E-state index is 0.124. The summed E-state index contributed by atoms with van der Waals surface area (Å²) in [4.78, 5) is 11.3. The number of phenolic OH excluding ortho intramolecular Hbond substituents is 1. The van der Waals surface area contributed by atoms with Gasteiger partial charge in [0.2, 0.25) is 0 Å². The first kappa shape index (κ1) is 11.8. The lowest BCUT2D eigenvalue weighted by atomic mass is 9.78. The molecule has 0 unspecified atom stereocenters. The molecule has 2 N–H and O–H groups in total. The maximum Gasteiger partial charge on any atom is 0.314 e. The zero-order valence-electron chi connectivity index (χ0n) is 9.04. The smallest absolute Gasteiger partial charge is 0.314 e. The van der Waals surface area contributed by atoms with E-state index in [1.54, 1.807) is 0 Å². The van der Waals surface area contributed by atoms with Crippen LogP contribution in [-0.4, -0.2) is 16.2 Å². The average Bonchev–Trinajstić information content (AvgIpc) is 2.73. The minimum Gasteiger partial charge on any atom is -0.505 e. The highest BCUT2D eigenvalue weighted by molar-refractivity contribution is 5.82. The molecule has 0 spiro atoms. The molecule has 3 nitrogen and oxygen atoms in total. The van der Waals surface area contributed by atoms with Gasteiger partial charge in [0.15, 0.2) is 11.6 Å². The van der Waals surface area contributed by atoms with Gasteiger partial charge in [-0.2, -0.15) is 0 Å². The molecule has 1 aromatic carbocycles. The van der Waals surface area contributed by atoms with Crippen molar-refractivity contribution in [3.05, 3.63) is 29.3 Å². The van der Waals surface area contributed by atoms with Crippen LogP contribution in [0.15, 0.2) is 12.1 Å². The zero-order chi connectivity index (χ0) is 12.6. The quantitative estimate of drug-likeness (QED) is 0.837.